The Bertz CT molecular complexity index is 2230. The Kier molecular flexibility index (Phi) is 18.7. The van der Waals surface area contributed by atoms with E-state index >= 15 is 0 Å². The summed E-state index contributed by atoms with van der Waals surface area (Å²) in [4.78, 5) is 0. The van der Waals surface area contributed by atoms with E-state index in [1.165, 1.54) is 0 Å². The summed E-state index contributed by atoms with van der Waals surface area (Å²) in [5.74, 6) is 4.73. The third-order valence-electron chi connectivity index (χ3n) is 11.6. The summed E-state index contributed by atoms with van der Waals surface area (Å²) < 4.78 is 65.3. The van der Waals surface area contributed by atoms with Crippen molar-refractivity contribution in [2.75, 3.05) is 106 Å². The molecular weight excluding hydrogens is 881 g/mol. The van der Waals surface area contributed by atoms with E-state index in [0.717, 1.165) is 56.0 Å². The molecule has 0 atom stereocenters. The van der Waals surface area contributed by atoms with Crippen molar-refractivity contribution in [3.8, 4) is 46.0 Å². The molecule has 6 aromatic carbocycles. The van der Waals surface area contributed by atoms with Crippen LogP contribution in [0.15, 0.2) is 121 Å². The first kappa shape index (κ1) is 49.0. The summed E-state index contributed by atoms with van der Waals surface area (Å²) in [6.45, 7) is 6.25. The van der Waals surface area contributed by atoms with Gasteiger partial charge in [-0.15, -0.1) is 0 Å². The monoisotopic (exact) mass is 942 g/mol. The molecule has 0 fully saturated rings. The molecular formula is C56H62O13. The van der Waals surface area contributed by atoms with Crippen LogP contribution in [-0.4, -0.2) is 116 Å². The van der Waals surface area contributed by atoms with E-state index in [0.29, 0.717) is 154 Å². The first-order valence-corrected chi connectivity index (χ1v) is 23.7. The number of ether oxygens (including phenoxy) is 11. The van der Waals surface area contributed by atoms with Crippen LogP contribution in [0.4, 0.5) is 0 Å². The van der Waals surface area contributed by atoms with E-state index < -0.39 is 0 Å². The molecule has 0 spiro atoms. The quantitative estimate of drug-likeness (QED) is 0.150. The number of phenols is 2. The lowest BCUT2D eigenvalue weighted by molar-refractivity contribution is 0.00498. The molecule has 0 saturated heterocycles. The Morgan fingerprint density at radius 3 is 0.681 bits per heavy atom. The maximum atomic E-state index is 11.8. The molecule has 11 rings (SSSR count). The minimum absolute atomic E-state index is 0.229. The van der Waals surface area contributed by atoms with Crippen molar-refractivity contribution >= 4 is 0 Å². The van der Waals surface area contributed by atoms with Gasteiger partial charge in [-0.1, -0.05) is 72.8 Å². The van der Waals surface area contributed by atoms with Crippen molar-refractivity contribution in [1.29, 1.82) is 0 Å². The topological polar surface area (TPSA) is 142 Å². The normalized spacial score (nSPS) is 16.6. The zero-order chi connectivity index (χ0) is 47.3. The number of phenolic OH excluding ortho intramolecular Hbond substituents is 2. The van der Waals surface area contributed by atoms with Gasteiger partial charge in [-0.2, -0.15) is 0 Å². The average Bonchev–Trinajstić information content (AvgIpc) is 3.36. The van der Waals surface area contributed by atoms with Crippen LogP contribution in [0.5, 0.6) is 46.0 Å². The van der Waals surface area contributed by atoms with Gasteiger partial charge in [-0.05, 0) is 93.0 Å². The molecule has 4 aliphatic heterocycles. The van der Waals surface area contributed by atoms with Crippen LogP contribution in [0.2, 0.25) is 0 Å². The molecule has 13 heteroatoms. The maximum Gasteiger partial charge on any atom is 0.126 e. The van der Waals surface area contributed by atoms with Gasteiger partial charge in [0, 0.05) is 25.7 Å². The maximum absolute atomic E-state index is 11.8. The zero-order valence-electron chi connectivity index (χ0n) is 39.1. The van der Waals surface area contributed by atoms with Crippen LogP contribution in [0.25, 0.3) is 0 Å². The van der Waals surface area contributed by atoms with Crippen molar-refractivity contribution in [2.45, 2.75) is 25.7 Å². The van der Waals surface area contributed by atoms with Gasteiger partial charge in [-0.25, -0.2) is 0 Å². The van der Waals surface area contributed by atoms with Crippen LogP contribution >= 0.6 is 0 Å². The SMILES string of the molecule is Oc1c2cccc1Cc1cccc3c1OCCOCCOc1ccc(cc1)OCCOCCOCCOCCOc1ccc(cc1)OCCOCCOc1c(cccc1Cc1cccc(c1O)C3)C2. The fourth-order valence-electron chi connectivity index (χ4n) is 8.17. The van der Waals surface area contributed by atoms with Gasteiger partial charge in [0.05, 0.1) is 66.1 Å². The van der Waals surface area contributed by atoms with E-state index in [9.17, 15) is 10.2 Å². The number of hydrogen-bond donors (Lipinski definition) is 2. The first-order valence-electron chi connectivity index (χ1n) is 23.7. The van der Waals surface area contributed by atoms with E-state index in [4.69, 9.17) is 52.1 Å². The van der Waals surface area contributed by atoms with E-state index in [-0.39, 0.29) is 11.5 Å². The Morgan fingerprint density at radius 2 is 0.435 bits per heavy atom. The molecule has 0 unspecified atom stereocenters. The van der Waals surface area contributed by atoms with Gasteiger partial charge >= 0.3 is 0 Å². The summed E-state index contributed by atoms with van der Waals surface area (Å²) in [6, 6.07) is 38.7. The molecule has 364 valence electrons. The lowest BCUT2D eigenvalue weighted by Crippen LogP contribution is -2.14. The van der Waals surface area contributed by atoms with Gasteiger partial charge < -0.3 is 62.3 Å². The Labute approximate surface area is 404 Å². The van der Waals surface area contributed by atoms with Gasteiger partial charge in [0.15, 0.2) is 0 Å². The number of benzene rings is 6. The molecule has 2 N–H and O–H groups in total. The van der Waals surface area contributed by atoms with E-state index in [1.807, 2.05) is 121 Å². The fraction of sp³-hybridized carbons (Fsp3) is 0.357. The lowest BCUT2D eigenvalue weighted by Gasteiger charge is -2.20. The highest BCUT2D eigenvalue weighted by atomic mass is 16.6. The number of hydrogen-bond acceptors (Lipinski definition) is 13. The van der Waals surface area contributed by atoms with Gasteiger partial charge in [0.2, 0.25) is 0 Å². The summed E-state index contributed by atoms with van der Waals surface area (Å²) in [6.07, 6.45) is 1.71. The minimum atomic E-state index is 0.229. The van der Waals surface area contributed by atoms with Crippen molar-refractivity contribution in [2.24, 2.45) is 0 Å². The first-order chi connectivity index (χ1) is 34.1. The largest absolute Gasteiger partial charge is 0.507 e. The van der Waals surface area contributed by atoms with Gasteiger partial charge in [-0.3, -0.25) is 0 Å². The van der Waals surface area contributed by atoms with Crippen molar-refractivity contribution in [1.82, 2.24) is 0 Å². The Hall–Kier alpha value is -6.48. The predicted molar refractivity (Wildman–Crippen MR) is 260 cm³/mol. The van der Waals surface area contributed by atoms with Crippen LogP contribution in [-0.2, 0) is 49.4 Å². The van der Waals surface area contributed by atoms with Crippen molar-refractivity contribution in [3.05, 3.63) is 166 Å². The smallest absolute Gasteiger partial charge is 0.126 e. The molecule has 0 aromatic heterocycles. The highest BCUT2D eigenvalue weighted by Gasteiger charge is 2.20. The van der Waals surface area contributed by atoms with Crippen LogP contribution in [0.1, 0.15) is 44.5 Å². The minimum Gasteiger partial charge on any atom is -0.507 e. The number of para-hydroxylation sites is 4. The van der Waals surface area contributed by atoms with Crippen LogP contribution < -0.4 is 28.4 Å². The summed E-state index contributed by atoms with van der Waals surface area (Å²) in [5, 5.41) is 23.7. The molecule has 13 nitrogen and oxygen atoms in total. The second kappa shape index (κ2) is 26.3. The molecule has 6 aromatic rings. The summed E-state index contributed by atoms with van der Waals surface area (Å²) >= 11 is 0. The standard InChI is InChI=1S/C56H62O13/c57-53-41-5-1-6-42(53)38-46-10-4-12-48-40-44-8-2-7-43(54(44)58)39-47-11-3-9-45(37-41)55(47)68-35-29-62-27-33-66-51-17-13-49(14-18-51)64-31-25-60-23-21-59-22-24-61-26-32-65-50-15-19-52(20-16-50)67-34-28-63-30-36-69-56(46)48/h1-20,57-58H,21-40H2. The number of rotatable bonds is 0. The zero-order valence-corrected chi connectivity index (χ0v) is 39.1. The average molecular weight is 943 g/mol. The van der Waals surface area contributed by atoms with Crippen LogP contribution in [0, 0.1) is 0 Å². The molecule has 0 radical (unpaired) electrons. The summed E-state index contributed by atoms with van der Waals surface area (Å²) in [7, 11) is 0. The molecule has 69 heavy (non-hydrogen) atoms. The third-order valence-corrected chi connectivity index (χ3v) is 11.6. The molecule has 5 aliphatic rings. The van der Waals surface area contributed by atoms with E-state index in [2.05, 4.69) is 0 Å². The van der Waals surface area contributed by atoms with E-state index in [1.54, 1.807) is 0 Å². The van der Waals surface area contributed by atoms with Crippen molar-refractivity contribution < 1.29 is 62.3 Å². The summed E-state index contributed by atoms with van der Waals surface area (Å²) in [5.41, 5.74) is 6.74. The second-order valence-electron chi connectivity index (χ2n) is 16.5. The van der Waals surface area contributed by atoms with Crippen molar-refractivity contribution in [3.63, 3.8) is 0 Å². The lowest BCUT2D eigenvalue weighted by atomic mass is 9.91. The molecule has 4 heterocycles. The molecule has 1 aliphatic carbocycles. The van der Waals surface area contributed by atoms with Gasteiger partial charge in [0.1, 0.15) is 85.6 Å². The fourth-order valence-corrected chi connectivity index (χ4v) is 8.17. The number of fused-ring (bicyclic) bond motifs is 2. The Balaban J connectivity index is 0.963. The molecule has 14 bridgehead atoms. The molecule has 0 saturated carbocycles. The van der Waals surface area contributed by atoms with Gasteiger partial charge in [0.25, 0.3) is 0 Å². The highest BCUT2D eigenvalue weighted by Crippen LogP contribution is 2.38. The van der Waals surface area contributed by atoms with Crippen LogP contribution in [0.3, 0.4) is 0 Å². The Morgan fingerprint density at radius 1 is 0.232 bits per heavy atom. The highest BCUT2D eigenvalue weighted by molar-refractivity contribution is 5.55. The number of aromatic hydroxyl groups is 2. The second-order valence-corrected chi connectivity index (χ2v) is 16.5. The molecule has 0 amide bonds. The predicted octanol–water partition coefficient (Wildman–Crippen LogP) is 8.54. The third kappa shape index (κ3) is 14.8.